The van der Waals surface area contributed by atoms with Gasteiger partial charge in [0, 0.05) is 11.6 Å². The average Bonchev–Trinajstić information content (AvgIpc) is 3.32. The third kappa shape index (κ3) is 3.51. The van der Waals surface area contributed by atoms with Crippen LogP contribution in [0, 0.1) is 13.8 Å². The molecule has 0 radical (unpaired) electrons. The molecule has 26 heavy (non-hydrogen) atoms. The van der Waals surface area contributed by atoms with Crippen LogP contribution in [0.4, 0.5) is 18.9 Å². The fraction of sp³-hybridized carbons (Fsp3) is 0.444. The Hall–Kier alpha value is -1.83. The van der Waals surface area contributed by atoms with Gasteiger partial charge in [-0.25, -0.2) is 0 Å². The number of rotatable bonds is 4. The summed E-state index contributed by atoms with van der Waals surface area (Å²) < 4.78 is 40.8. The van der Waals surface area contributed by atoms with Crippen molar-refractivity contribution in [1.82, 2.24) is 9.78 Å². The van der Waals surface area contributed by atoms with Gasteiger partial charge < -0.3 is 5.32 Å². The lowest BCUT2D eigenvalue weighted by atomic mass is 10.1. The minimum atomic E-state index is -4.57. The molecule has 1 amide bonds. The summed E-state index contributed by atoms with van der Waals surface area (Å²) in [6.07, 6.45) is -2.98. The molecule has 0 saturated heterocycles. The van der Waals surface area contributed by atoms with E-state index in [1.54, 1.807) is 13.0 Å². The van der Waals surface area contributed by atoms with Gasteiger partial charge in [-0.3, -0.25) is 9.48 Å². The summed E-state index contributed by atoms with van der Waals surface area (Å²) in [5, 5.41) is 6.54. The molecule has 140 valence electrons. The highest BCUT2D eigenvalue weighted by Crippen LogP contribution is 2.47. The smallest absolute Gasteiger partial charge is 0.324 e. The Balaban J connectivity index is 1.93. The third-order valence-electron chi connectivity index (χ3n) is 4.73. The molecule has 2 aromatic rings. The number of hydrogen-bond donors (Lipinski definition) is 1. The van der Waals surface area contributed by atoms with Crippen LogP contribution in [0.2, 0.25) is 0 Å². The van der Waals surface area contributed by atoms with Gasteiger partial charge in [-0.2, -0.15) is 18.3 Å². The standard InChI is InChI=1S/C18H19BrF3N3O/c1-9-5-4-6-13(10(9)2)23-17(26)11(3)25-15(12-7-8-12)14(19)16(24-25)18(20,21)22/h4-6,11-12H,7-8H2,1-3H3,(H,23,26). The first-order valence-electron chi connectivity index (χ1n) is 8.33. The van der Waals surface area contributed by atoms with Gasteiger partial charge in [0.25, 0.3) is 0 Å². The van der Waals surface area contributed by atoms with Crippen molar-refractivity contribution >= 4 is 27.5 Å². The van der Waals surface area contributed by atoms with Crippen molar-refractivity contribution in [3.63, 3.8) is 0 Å². The topological polar surface area (TPSA) is 46.9 Å². The van der Waals surface area contributed by atoms with E-state index in [9.17, 15) is 18.0 Å². The molecule has 1 heterocycles. The van der Waals surface area contributed by atoms with Gasteiger partial charge in [0.05, 0.1) is 10.2 Å². The van der Waals surface area contributed by atoms with Gasteiger partial charge in [0.15, 0.2) is 5.69 Å². The Labute approximate surface area is 157 Å². The zero-order valence-corrected chi connectivity index (χ0v) is 16.2. The zero-order valence-electron chi connectivity index (χ0n) is 14.6. The van der Waals surface area contributed by atoms with Crippen LogP contribution in [-0.4, -0.2) is 15.7 Å². The lowest BCUT2D eigenvalue weighted by Crippen LogP contribution is -2.26. The van der Waals surface area contributed by atoms with Gasteiger partial charge in [-0.05, 0) is 66.7 Å². The molecule has 4 nitrogen and oxygen atoms in total. The molecule has 1 atom stereocenters. The molecule has 1 aromatic carbocycles. The second-order valence-electron chi connectivity index (χ2n) is 6.68. The minimum Gasteiger partial charge on any atom is -0.324 e. The maximum Gasteiger partial charge on any atom is 0.436 e. The number of anilines is 1. The fourth-order valence-corrected chi connectivity index (χ4v) is 3.67. The molecule has 1 unspecified atom stereocenters. The van der Waals surface area contributed by atoms with Crippen molar-refractivity contribution in [2.75, 3.05) is 5.32 Å². The number of nitrogens with zero attached hydrogens (tertiary/aromatic N) is 2. The Morgan fingerprint density at radius 3 is 2.58 bits per heavy atom. The molecule has 0 aliphatic heterocycles. The van der Waals surface area contributed by atoms with Crippen LogP contribution in [0.1, 0.15) is 54.2 Å². The number of halogens is 4. The number of carbonyl (C=O) groups excluding carboxylic acids is 1. The van der Waals surface area contributed by atoms with Gasteiger partial charge >= 0.3 is 6.18 Å². The number of alkyl halides is 3. The molecule has 1 aliphatic carbocycles. The van der Waals surface area contributed by atoms with Crippen LogP contribution in [0.5, 0.6) is 0 Å². The van der Waals surface area contributed by atoms with E-state index in [1.807, 2.05) is 26.0 Å². The van der Waals surface area contributed by atoms with Crippen LogP contribution in [0.3, 0.4) is 0 Å². The highest BCUT2D eigenvalue weighted by molar-refractivity contribution is 9.10. The molecule has 1 N–H and O–H groups in total. The quantitative estimate of drug-likeness (QED) is 0.710. The summed E-state index contributed by atoms with van der Waals surface area (Å²) in [7, 11) is 0. The van der Waals surface area contributed by atoms with Crippen molar-refractivity contribution in [3.05, 3.63) is 45.2 Å². The predicted octanol–water partition coefficient (Wildman–Crippen LogP) is 5.36. The van der Waals surface area contributed by atoms with E-state index in [0.29, 0.717) is 11.4 Å². The maximum atomic E-state index is 13.2. The third-order valence-corrected chi connectivity index (χ3v) is 5.51. The summed E-state index contributed by atoms with van der Waals surface area (Å²) >= 11 is 3.05. The van der Waals surface area contributed by atoms with Crippen LogP contribution >= 0.6 is 15.9 Å². The number of hydrogen-bond acceptors (Lipinski definition) is 2. The van der Waals surface area contributed by atoms with E-state index in [0.717, 1.165) is 24.0 Å². The number of nitrogens with one attached hydrogen (secondary N) is 1. The summed E-state index contributed by atoms with van der Waals surface area (Å²) in [4.78, 5) is 12.7. The van der Waals surface area contributed by atoms with Crippen molar-refractivity contribution in [3.8, 4) is 0 Å². The Morgan fingerprint density at radius 2 is 2.00 bits per heavy atom. The fourth-order valence-electron chi connectivity index (χ4n) is 2.86. The van der Waals surface area contributed by atoms with Gasteiger partial charge in [0.2, 0.25) is 5.91 Å². The number of aromatic nitrogens is 2. The van der Waals surface area contributed by atoms with Crippen molar-refractivity contribution < 1.29 is 18.0 Å². The summed E-state index contributed by atoms with van der Waals surface area (Å²) in [6.45, 7) is 5.38. The zero-order chi connectivity index (χ0) is 19.2. The van der Waals surface area contributed by atoms with E-state index in [2.05, 4.69) is 26.3 Å². The Kier molecular flexibility index (Phi) is 4.90. The van der Waals surface area contributed by atoms with E-state index >= 15 is 0 Å². The van der Waals surface area contributed by atoms with Crippen LogP contribution < -0.4 is 5.32 Å². The van der Waals surface area contributed by atoms with E-state index in [1.165, 1.54) is 4.68 Å². The summed E-state index contributed by atoms with van der Waals surface area (Å²) in [5.74, 6) is -0.395. The molecule has 3 rings (SSSR count). The van der Waals surface area contributed by atoms with Crippen molar-refractivity contribution in [2.45, 2.75) is 51.7 Å². The number of carbonyl (C=O) groups is 1. The lowest BCUT2D eigenvalue weighted by Gasteiger charge is -2.17. The Morgan fingerprint density at radius 1 is 1.35 bits per heavy atom. The van der Waals surface area contributed by atoms with Gasteiger partial charge in [-0.1, -0.05) is 12.1 Å². The molecule has 0 bridgehead atoms. The summed E-state index contributed by atoms with van der Waals surface area (Å²) in [5.41, 5.74) is 2.06. The van der Waals surface area contributed by atoms with Gasteiger partial charge in [-0.15, -0.1) is 0 Å². The van der Waals surface area contributed by atoms with Gasteiger partial charge in [0.1, 0.15) is 6.04 Å². The molecule has 8 heteroatoms. The molecule has 1 aliphatic rings. The lowest BCUT2D eigenvalue weighted by molar-refractivity contribution is -0.142. The molecule has 0 spiro atoms. The van der Waals surface area contributed by atoms with Crippen LogP contribution in [-0.2, 0) is 11.0 Å². The van der Waals surface area contributed by atoms with Crippen LogP contribution in [0.15, 0.2) is 22.7 Å². The summed E-state index contributed by atoms with van der Waals surface area (Å²) in [6, 6.07) is 4.66. The number of benzene rings is 1. The number of aryl methyl sites for hydroxylation is 1. The molecular formula is C18H19BrF3N3O. The predicted molar refractivity (Wildman–Crippen MR) is 96.2 cm³/mol. The molecule has 1 saturated carbocycles. The molecular weight excluding hydrogens is 411 g/mol. The molecule has 1 fully saturated rings. The minimum absolute atomic E-state index is 0.00364. The Bertz CT molecular complexity index is 856. The first kappa shape index (κ1) is 18.9. The molecule has 1 aromatic heterocycles. The van der Waals surface area contributed by atoms with Crippen molar-refractivity contribution in [1.29, 1.82) is 0 Å². The first-order valence-corrected chi connectivity index (χ1v) is 9.12. The average molecular weight is 430 g/mol. The monoisotopic (exact) mass is 429 g/mol. The maximum absolute atomic E-state index is 13.2. The van der Waals surface area contributed by atoms with E-state index < -0.39 is 23.8 Å². The first-order chi connectivity index (χ1) is 12.1. The second kappa shape index (κ2) is 6.72. The largest absolute Gasteiger partial charge is 0.436 e. The highest BCUT2D eigenvalue weighted by atomic mass is 79.9. The SMILES string of the molecule is Cc1cccc(NC(=O)C(C)n2nc(C(F)(F)F)c(Br)c2C2CC2)c1C. The van der Waals surface area contributed by atoms with E-state index in [4.69, 9.17) is 0 Å². The second-order valence-corrected chi connectivity index (χ2v) is 7.47. The van der Waals surface area contributed by atoms with Crippen LogP contribution in [0.25, 0.3) is 0 Å². The number of amides is 1. The van der Waals surface area contributed by atoms with Crippen molar-refractivity contribution in [2.24, 2.45) is 0 Å². The normalized spacial score (nSPS) is 15.8. The van der Waals surface area contributed by atoms with E-state index in [-0.39, 0.29) is 10.4 Å². The highest BCUT2D eigenvalue weighted by Gasteiger charge is 2.43.